The zero-order valence-electron chi connectivity index (χ0n) is 9.15. The topological polar surface area (TPSA) is 66.8 Å². The van der Waals surface area contributed by atoms with E-state index in [9.17, 15) is 9.59 Å². The fourth-order valence-corrected chi connectivity index (χ4v) is 1.86. The highest BCUT2D eigenvalue weighted by atomic mass is 16.5. The number of carbonyl (C=O) groups is 2. The number of ether oxygens (including phenoxy) is 1. The van der Waals surface area contributed by atoms with Gasteiger partial charge in [0, 0.05) is 20.1 Å². The molecule has 0 radical (unpaired) electrons. The van der Waals surface area contributed by atoms with Crippen LogP contribution >= 0.6 is 0 Å². The number of carboxylic acids is 1. The lowest BCUT2D eigenvalue weighted by Gasteiger charge is -2.39. The minimum atomic E-state index is -1.23. The number of carboxylic acid groups (broad SMARTS) is 1. The molecule has 1 unspecified atom stereocenters. The predicted octanol–water partition coefficient (Wildman–Crippen LogP) is 0.489. The molecule has 0 bridgehead atoms. The molecule has 1 amide bonds. The lowest BCUT2D eigenvalue weighted by molar-refractivity contribution is -0.163. The van der Waals surface area contributed by atoms with E-state index in [0.717, 1.165) is 12.8 Å². The molecule has 86 valence electrons. The molecule has 5 heteroatoms. The van der Waals surface area contributed by atoms with Gasteiger partial charge in [0.25, 0.3) is 0 Å². The second kappa shape index (κ2) is 4.61. The van der Waals surface area contributed by atoms with E-state index in [1.165, 1.54) is 18.9 Å². The summed E-state index contributed by atoms with van der Waals surface area (Å²) in [5.74, 6) is -1.11. The van der Waals surface area contributed by atoms with Crippen molar-refractivity contribution in [3.63, 3.8) is 0 Å². The summed E-state index contributed by atoms with van der Waals surface area (Å²) in [7, 11) is 1.44. The third-order valence-corrected chi connectivity index (χ3v) is 2.81. The molecule has 1 aliphatic rings. The number of piperidine rings is 1. The van der Waals surface area contributed by atoms with Crippen LogP contribution in [0.3, 0.4) is 0 Å². The van der Waals surface area contributed by atoms with Gasteiger partial charge in [-0.3, -0.25) is 4.79 Å². The van der Waals surface area contributed by atoms with Gasteiger partial charge in [0.1, 0.15) is 0 Å². The predicted molar refractivity (Wildman–Crippen MR) is 53.5 cm³/mol. The first-order valence-electron chi connectivity index (χ1n) is 5.05. The average Bonchev–Trinajstić information content (AvgIpc) is 2.18. The molecule has 5 nitrogen and oxygen atoms in total. The van der Waals surface area contributed by atoms with Crippen LogP contribution in [0.25, 0.3) is 0 Å². The molecule has 1 atom stereocenters. The third kappa shape index (κ3) is 2.28. The number of nitrogens with zero attached hydrogens (tertiary/aromatic N) is 1. The average molecular weight is 215 g/mol. The molecule has 0 aromatic carbocycles. The molecule has 15 heavy (non-hydrogen) atoms. The maximum atomic E-state index is 11.6. The Bertz CT molecular complexity index is 266. The summed E-state index contributed by atoms with van der Waals surface area (Å²) >= 11 is 0. The fourth-order valence-electron chi connectivity index (χ4n) is 1.86. The summed E-state index contributed by atoms with van der Waals surface area (Å²) < 4.78 is 4.90. The molecule has 1 saturated heterocycles. The first-order valence-corrected chi connectivity index (χ1v) is 5.05. The van der Waals surface area contributed by atoms with Gasteiger partial charge in [0.2, 0.25) is 5.91 Å². The highest BCUT2D eigenvalue weighted by Crippen LogP contribution is 2.22. The lowest BCUT2D eigenvalue weighted by Crippen LogP contribution is -2.59. The fraction of sp³-hybridized carbons (Fsp3) is 0.800. The van der Waals surface area contributed by atoms with Crippen molar-refractivity contribution >= 4 is 11.9 Å². The highest BCUT2D eigenvalue weighted by molar-refractivity contribution is 5.87. The molecule has 1 heterocycles. The monoisotopic (exact) mass is 215 g/mol. The van der Waals surface area contributed by atoms with Crippen LogP contribution in [0.5, 0.6) is 0 Å². The molecular formula is C10H17NO4. The lowest BCUT2D eigenvalue weighted by atomic mass is 9.97. The Labute approximate surface area is 89.0 Å². The summed E-state index contributed by atoms with van der Waals surface area (Å²) in [4.78, 5) is 24.2. The van der Waals surface area contributed by atoms with Crippen molar-refractivity contribution in [1.82, 2.24) is 4.90 Å². The first kappa shape index (κ1) is 12.0. The van der Waals surface area contributed by atoms with E-state index >= 15 is 0 Å². The minimum absolute atomic E-state index is 0.0219. The van der Waals surface area contributed by atoms with E-state index < -0.39 is 11.5 Å². The van der Waals surface area contributed by atoms with Crippen LogP contribution in [0.1, 0.15) is 26.2 Å². The number of methoxy groups -OCH3 is 1. The van der Waals surface area contributed by atoms with Crippen LogP contribution in [0.4, 0.5) is 0 Å². The molecule has 0 aliphatic carbocycles. The Morgan fingerprint density at radius 1 is 1.60 bits per heavy atom. The smallest absolute Gasteiger partial charge is 0.331 e. The SMILES string of the molecule is COCC(C)(C(=O)O)N1CCCCC1=O. The van der Waals surface area contributed by atoms with E-state index in [1.54, 1.807) is 0 Å². The number of aliphatic carboxylic acids is 1. The van der Waals surface area contributed by atoms with Gasteiger partial charge in [-0.15, -0.1) is 0 Å². The van der Waals surface area contributed by atoms with Crippen molar-refractivity contribution in [2.45, 2.75) is 31.7 Å². The molecule has 0 saturated carbocycles. The van der Waals surface area contributed by atoms with Crippen molar-refractivity contribution in [3.8, 4) is 0 Å². The van der Waals surface area contributed by atoms with Crippen molar-refractivity contribution in [2.24, 2.45) is 0 Å². The van der Waals surface area contributed by atoms with Crippen LogP contribution in [-0.4, -0.2) is 47.7 Å². The first-order chi connectivity index (χ1) is 7.02. The van der Waals surface area contributed by atoms with Crippen LogP contribution in [-0.2, 0) is 14.3 Å². The Morgan fingerprint density at radius 3 is 2.73 bits per heavy atom. The molecule has 1 rings (SSSR count). The van der Waals surface area contributed by atoms with Crippen molar-refractivity contribution in [2.75, 3.05) is 20.3 Å². The standard InChI is InChI=1S/C10H17NO4/c1-10(7-15-2,9(13)14)11-6-4-3-5-8(11)12/h3-7H2,1-2H3,(H,13,14). The van der Waals surface area contributed by atoms with E-state index in [1.807, 2.05) is 0 Å². The van der Waals surface area contributed by atoms with Gasteiger partial charge in [-0.05, 0) is 19.8 Å². The second-order valence-electron chi connectivity index (χ2n) is 4.01. The Balaban J connectivity index is 2.87. The summed E-state index contributed by atoms with van der Waals surface area (Å²) in [6.45, 7) is 2.06. The number of hydrogen-bond acceptors (Lipinski definition) is 3. The summed E-state index contributed by atoms with van der Waals surface area (Å²) in [6.07, 6.45) is 2.14. The zero-order valence-corrected chi connectivity index (χ0v) is 9.15. The van der Waals surface area contributed by atoms with Gasteiger partial charge in [-0.1, -0.05) is 0 Å². The van der Waals surface area contributed by atoms with E-state index in [-0.39, 0.29) is 12.5 Å². The molecule has 0 spiro atoms. The Hall–Kier alpha value is -1.10. The maximum Gasteiger partial charge on any atom is 0.331 e. The highest BCUT2D eigenvalue weighted by Gasteiger charge is 2.43. The van der Waals surface area contributed by atoms with Gasteiger partial charge >= 0.3 is 5.97 Å². The van der Waals surface area contributed by atoms with Crippen molar-refractivity contribution < 1.29 is 19.4 Å². The molecule has 0 aromatic rings. The normalized spacial score (nSPS) is 21.2. The molecular weight excluding hydrogens is 198 g/mol. The number of carbonyl (C=O) groups excluding carboxylic acids is 1. The van der Waals surface area contributed by atoms with Gasteiger partial charge in [-0.25, -0.2) is 4.79 Å². The molecule has 1 aliphatic heterocycles. The molecule has 0 aromatic heterocycles. The summed E-state index contributed by atoms with van der Waals surface area (Å²) in [5, 5.41) is 9.16. The van der Waals surface area contributed by atoms with Gasteiger partial charge in [0.05, 0.1) is 6.61 Å². The number of likely N-dealkylation sites (tertiary alicyclic amines) is 1. The van der Waals surface area contributed by atoms with E-state index in [2.05, 4.69) is 0 Å². The van der Waals surface area contributed by atoms with Crippen LogP contribution in [0.15, 0.2) is 0 Å². The zero-order chi connectivity index (χ0) is 11.5. The number of amides is 1. The summed E-state index contributed by atoms with van der Waals surface area (Å²) in [6, 6.07) is 0. The second-order valence-corrected chi connectivity index (χ2v) is 4.01. The van der Waals surface area contributed by atoms with Gasteiger partial charge in [-0.2, -0.15) is 0 Å². The van der Waals surface area contributed by atoms with E-state index in [0.29, 0.717) is 13.0 Å². The Morgan fingerprint density at radius 2 is 2.27 bits per heavy atom. The van der Waals surface area contributed by atoms with E-state index in [4.69, 9.17) is 9.84 Å². The van der Waals surface area contributed by atoms with Crippen LogP contribution < -0.4 is 0 Å². The van der Waals surface area contributed by atoms with Crippen LogP contribution in [0.2, 0.25) is 0 Å². The molecule has 1 fully saturated rings. The van der Waals surface area contributed by atoms with Crippen LogP contribution in [0, 0.1) is 0 Å². The van der Waals surface area contributed by atoms with Gasteiger partial charge in [0.15, 0.2) is 5.54 Å². The third-order valence-electron chi connectivity index (χ3n) is 2.81. The Kier molecular flexibility index (Phi) is 3.68. The number of hydrogen-bond donors (Lipinski definition) is 1. The van der Waals surface area contributed by atoms with Gasteiger partial charge < -0.3 is 14.7 Å². The summed E-state index contributed by atoms with van der Waals surface area (Å²) in [5.41, 5.74) is -1.23. The quantitative estimate of drug-likeness (QED) is 0.741. The largest absolute Gasteiger partial charge is 0.479 e. The van der Waals surface area contributed by atoms with Crippen molar-refractivity contribution in [1.29, 1.82) is 0 Å². The minimum Gasteiger partial charge on any atom is -0.479 e. The molecule has 1 N–H and O–H groups in total. The number of rotatable bonds is 4. The van der Waals surface area contributed by atoms with Crippen molar-refractivity contribution in [3.05, 3.63) is 0 Å². The maximum absolute atomic E-state index is 11.6.